The van der Waals surface area contributed by atoms with Gasteiger partial charge in [0.25, 0.3) is 5.91 Å². The van der Waals surface area contributed by atoms with Crippen molar-refractivity contribution in [2.75, 3.05) is 39.9 Å². The van der Waals surface area contributed by atoms with Crippen molar-refractivity contribution in [3.63, 3.8) is 0 Å². The lowest BCUT2D eigenvalue weighted by molar-refractivity contribution is -0.976. The molecule has 7 nitrogen and oxygen atoms in total. The van der Waals surface area contributed by atoms with Crippen LogP contribution in [0.1, 0.15) is 43.7 Å². The van der Waals surface area contributed by atoms with Crippen LogP contribution in [-0.2, 0) is 9.53 Å². The van der Waals surface area contributed by atoms with E-state index in [1.807, 2.05) is 30.3 Å². The molecule has 0 radical (unpaired) electrons. The number of amides is 3. The third kappa shape index (κ3) is 5.10. The summed E-state index contributed by atoms with van der Waals surface area (Å²) < 4.78 is 5.59. The number of hydrogen-bond acceptors (Lipinski definition) is 3. The van der Waals surface area contributed by atoms with Crippen molar-refractivity contribution in [3.8, 4) is 0 Å². The molecule has 0 spiro atoms. The van der Waals surface area contributed by atoms with E-state index in [0.717, 1.165) is 38.4 Å². The fourth-order valence-corrected chi connectivity index (χ4v) is 4.73. The van der Waals surface area contributed by atoms with Crippen LogP contribution >= 0.6 is 0 Å². The maximum atomic E-state index is 12.8. The van der Waals surface area contributed by atoms with Crippen molar-refractivity contribution < 1.29 is 24.5 Å². The monoisotopic (exact) mass is 390 g/mol. The Balaban J connectivity index is 1.76. The highest BCUT2D eigenvalue weighted by Gasteiger charge is 2.45. The lowest BCUT2D eigenvalue weighted by Crippen LogP contribution is -3.25. The number of hydrogen-bond donors (Lipinski definition) is 4. The number of quaternary nitrogens is 2. The highest BCUT2D eigenvalue weighted by atomic mass is 16.5. The molecule has 2 aliphatic rings. The zero-order valence-electron chi connectivity index (χ0n) is 16.8. The molecule has 1 saturated carbocycles. The Labute approximate surface area is 167 Å². The molecular weight excluding hydrogens is 356 g/mol. The van der Waals surface area contributed by atoms with Gasteiger partial charge in [-0.05, 0) is 12.8 Å². The number of carbonyl (C=O) groups is 2. The van der Waals surface area contributed by atoms with Gasteiger partial charge < -0.3 is 20.3 Å². The fraction of sp³-hybridized carbons (Fsp3) is 0.619. The first-order chi connectivity index (χ1) is 13.6. The smallest absolute Gasteiger partial charge is 0.321 e. The first-order valence-corrected chi connectivity index (χ1v) is 10.5. The topological polar surface area (TPSA) is 88.5 Å². The minimum atomic E-state index is -0.467. The van der Waals surface area contributed by atoms with Gasteiger partial charge in [-0.15, -0.1) is 0 Å². The summed E-state index contributed by atoms with van der Waals surface area (Å²) in [4.78, 5) is 26.2. The molecule has 0 aromatic heterocycles. The van der Waals surface area contributed by atoms with Crippen LogP contribution in [0.2, 0.25) is 0 Å². The average Bonchev–Trinajstić information content (AvgIpc) is 2.76. The van der Waals surface area contributed by atoms with E-state index in [1.165, 1.54) is 39.2 Å². The van der Waals surface area contributed by atoms with Gasteiger partial charge in [0.15, 0.2) is 6.04 Å². The van der Waals surface area contributed by atoms with Gasteiger partial charge in [-0.1, -0.05) is 36.8 Å². The normalized spacial score (nSPS) is 20.9. The third-order valence-corrected chi connectivity index (χ3v) is 6.31. The molecule has 3 rings (SSSR count). The molecule has 5 N–H and O–H groups in total. The van der Waals surface area contributed by atoms with E-state index < -0.39 is 12.1 Å². The van der Waals surface area contributed by atoms with Gasteiger partial charge in [-0.25, -0.2) is 4.79 Å². The number of benzene rings is 1. The van der Waals surface area contributed by atoms with Gasteiger partial charge in [0.05, 0.1) is 13.2 Å². The molecule has 1 aliphatic heterocycles. The summed E-state index contributed by atoms with van der Waals surface area (Å²) in [6.45, 7) is 4.58. The van der Waals surface area contributed by atoms with Gasteiger partial charge in [0.1, 0.15) is 25.2 Å². The number of imide groups is 1. The van der Waals surface area contributed by atoms with Crippen molar-refractivity contribution in [3.05, 3.63) is 35.9 Å². The molecule has 0 bridgehead atoms. The SMILES string of the molecule is CNC(=O)NC(=O)[C@H]([NH2+]CC1([NH+]2CCOCC2)CCCCC1)c1ccccc1. The Kier molecular flexibility index (Phi) is 7.42. The second-order valence-corrected chi connectivity index (χ2v) is 7.95. The number of ether oxygens (including phenoxy) is 1. The van der Waals surface area contributed by atoms with E-state index in [-0.39, 0.29) is 11.4 Å². The Hall–Kier alpha value is -1.96. The number of carbonyl (C=O) groups excluding carboxylic acids is 2. The number of urea groups is 1. The van der Waals surface area contributed by atoms with Gasteiger partial charge >= 0.3 is 6.03 Å². The first-order valence-electron chi connectivity index (χ1n) is 10.5. The van der Waals surface area contributed by atoms with E-state index in [2.05, 4.69) is 16.0 Å². The summed E-state index contributed by atoms with van der Waals surface area (Å²) in [6, 6.07) is 8.83. The average molecular weight is 391 g/mol. The maximum Gasteiger partial charge on any atom is 0.321 e. The Bertz CT molecular complexity index is 640. The van der Waals surface area contributed by atoms with Gasteiger partial charge in [0, 0.05) is 25.5 Å². The second-order valence-electron chi connectivity index (χ2n) is 7.95. The largest absolute Gasteiger partial charge is 0.370 e. The van der Waals surface area contributed by atoms with Crippen molar-refractivity contribution in [2.45, 2.75) is 43.7 Å². The lowest BCUT2D eigenvalue weighted by Gasteiger charge is -2.44. The zero-order chi connectivity index (χ0) is 19.8. The standard InChI is InChI=1S/C21H32N4O3/c1-22-20(27)24-19(26)18(17-8-4-2-5-9-17)23-16-21(10-6-3-7-11-21)25-12-14-28-15-13-25/h2,4-5,8-9,18,23H,3,6-7,10-16H2,1H3,(H2,22,24,26,27)/p+2/t18-/m1/s1. The molecule has 1 aromatic carbocycles. The summed E-state index contributed by atoms with van der Waals surface area (Å²) in [6.07, 6.45) is 6.18. The quantitative estimate of drug-likeness (QED) is 0.521. The molecule has 1 aliphatic carbocycles. The molecule has 1 heterocycles. The Morgan fingerprint density at radius 3 is 2.46 bits per heavy atom. The molecule has 1 aromatic rings. The van der Waals surface area contributed by atoms with Crippen molar-refractivity contribution >= 4 is 11.9 Å². The zero-order valence-corrected chi connectivity index (χ0v) is 16.8. The first kappa shape index (κ1) is 20.8. The summed E-state index contributed by atoms with van der Waals surface area (Å²) >= 11 is 0. The third-order valence-electron chi connectivity index (χ3n) is 6.31. The van der Waals surface area contributed by atoms with Crippen LogP contribution in [0.3, 0.4) is 0 Å². The molecule has 3 amide bonds. The molecular formula is C21H34N4O3+2. The molecule has 154 valence electrons. The van der Waals surface area contributed by atoms with Crippen LogP contribution in [0.5, 0.6) is 0 Å². The van der Waals surface area contributed by atoms with Crippen molar-refractivity contribution in [1.82, 2.24) is 10.6 Å². The summed E-state index contributed by atoms with van der Waals surface area (Å²) in [7, 11) is 1.52. The van der Waals surface area contributed by atoms with Crippen LogP contribution in [0.15, 0.2) is 30.3 Å². The molecule has 0 unspecified atom stereocenters. The predicted octanol–water partition coefficient (Wildman–Crippen LogP) is -0.635. The van der Waals surface area contributed by atoms with Crippen LogP contribution < -0.4 is 20.9 Å². The van der Waals surface area contributed by atoms with E-state index in [0.29, 0.717) is 0 Å². The van der Waals surface area contributed by atoms with E-state index in [4.69, 9.17) is 4.74 Å². The summed E-state index contributed by atoms with van der Waals surface area (Å²) in [5.74, 6) is -0.270. The molecule has 1 saturated heterocycles. The molecule has 7 heteroatoms. The van der Waals surface area contributed by atoms with E-state index in [1.54, 1.807) is 4.90 Å². The van der Waals surface area contributed by atoms with Crippen molar-refractivity contribution in [1.29, 1.82) is 0 Å². The Morgan fingerprint density at radius 1 is 1.14 bits per heavy atom. The second kappa shape index (κ2) is 10.0. The highest BCUT2D eigenvalue weighted by molar-refractivity contribution is 5.96. The molecule has 2 fully saturated rings. The van der Waals surface area contributed by atoms with Crippen LogP contribution in [0, 0.1) is 0 Å². The maximum absolute atomic E-state index is 12.8. The van der Waals surface area contributed by atoms with Gasteiger partial charge in [-0.2, -0.15) is 0 Å². The minimum Gasteiger partial charge on any atom is -0.370 e. The number of nitrogens with one attached hydrogen (secondary N) is 3. The van der Waals surface area contributed by atoms with E-state index >= 15 is 0 Å². The summed E-state index contributed by atoms with van der Waals surface area (Å²) in [5.41, 5.74) is 1.11. The Morgan fingerprint density at radius 2 is 1.82 bits per heavy atom. The minimum absolute atomic E-state index is 0.183. The fourth-order valence-electron chi connectivity index (χ4n) is 4.73. The lowest BCUT2D eigenvalue weighted by atomic mass is 9.79. The highest BCUT2D eigenvalue weighted by Crippen LogP contribution is 2.25. The van der Waals surface area contributed by atoms with Crippen LogP contribution in [0.25, 0.3) is 0 Å². The molecule has 28 heavy (non-hydrogen) atoms. The number of rotatable bonds is 6. The van der Waals surface area contributed by atoms with Crippen molar-refractivity contribution in [2.24, 2.45) is 0 Å². The number of morpholine rings is 1. The molecule has 1 atom stereocenters. The number of nitrogens with two attached hydrogens (primary N) is 1. The van der Waals surface area contributed by atoms with Gasteiger partial charge in [-0.3, -0.25) is 10.1 Å². The predicted molar refractivity (Wildman–Crippen MR) is 106 cm³/mol. The summed E-state index contributed by atoms with van der Waals surface area (Å²) in [5, 5.41) is 7.07. The van der Waals surface area contributed by atoms with Crippen LogP contribution in [0.4, 0.5) is 4.79 Å². The van der Waals surface area contributed by atoms with E-state index in [9.17, 15) is 9.59 Å². The van der Waals surface area contributed by atoms with Crippen LogP contribution in [-0.4, -0.2) is 57.4 Å². The van der Waals surface area contributed by atoms with Gasteiger partial charge in [0.2, 0.25) is 0 Å².